The Hall–Kier alpha value is -0.120. The van der Waals surface area contributed by atoms with Crippen molar-refractivity contribution in [1.82, 2.24) is 15.5 Å². The lowest BCUT2D eigenvalue weighted by Crippen LogP contribution is -2.41. The van der Waals surface area contributed by atoms with E-state index >= 15 is 0 Å². The summed E-state index contributed by atoms with van der Waals surface area (Å²) in [5, 5.41) is 6.56. The first-order chi connectivity index (χ1) is 6.86. The molecule has 0 atom stereocenters. The van der Waals surface area contributed by atoms with Crippen LogP contribution < -0.4 is 10.6 Å². The summed E-state index contributed by atoms with van der Waals surface area (Å²) in [7, 11) is 4.10. The molecular weight excluding hydrogens is 174 g/mol. The Morgan fingerprint density at radius 3 is 2.43 bits per heavy atom. The lowest BCUT2D eigenvalue weighted by atomic mass is 10.1. The molecule has 0 spiro atoms. The fourth-order valence-corrected chi connectivity index (χ4v) is 2.08. The van der Waals surface area contributed by atoms with Crippen molar-refractivity contribution < 1.29 is 0 Å². The Morgan fingerprint density at radius 2 is 1.86 bits per heavy atom. The second-order valence-corrected chi connectivity index (χ2v) is 4.22. The third-order valence-corrected chi connectivity index (χ3v) is 3.15. The minimum atomic E-state index is 0.767. The van der Waals surface area contributed by atoms with Gasteiger partial charge in [0.1, 0.15) is 0 Å². The number of nitrogens with zero attached hydrogens (tertiary/aromatic N) is 1. The van der Waals surface area contributed by atoms with Gasteiger partial charge in [-0.15, -0.1) is 0 Å². The standard InChI is InChI=1S/C11H25N3/c1-12-7-3-4-8-14-9-5-11(13-2)6-10-14/h11-13H,3-10H2,1-2H3. The Morgan fingerprint density at radius 1 is 1.14 bits per heavy atom. The van der Waals surface area contributed by atoms with E-state index in [1.807, 2.05) is 7.05 Å². The molecule has 0 amide bonds. The van der Waals surface area contributed by atoms with Crippen molar-refractivity contribution in [2.24, 2.45) is 0 Å². The molecule has 3 nitrogen and oxygen atoms in total. The first-order valence-electron chi connectivity index (χ1n) is 5.91. The molecule has 1 aliphatic heterocycles. The minimum absolute atomic E-state index is 0.767. The highest BCUT2D eigenvalue weighted by molar-refractivity contribution is 4.75. The zero-order valence-electron chi connectivity index (χ0n) is 9.68. The van der Waals surface area contributed by atoms with Gasteiger partial charge in [-0.3, -0.25) is 0 Å². The molecule has 0 saturated carbocycles. The quantitative estimate of drug-likeness (QED) is 0.616. The number of hydrogen-bond acceptors (Lipinski definition) is 3. The van der Waals surface area contributed by atoms with E-state index in [-0.39, 0.29) is 0 Å². The third-order valence-electron chi connectivity index (χ3n) is 3.15. The fraction of sp³-hybridized carbons (Fsp3) is 1.00. The molecule has 84 valence electrons. The predicted molar refractivity (Wildman–Crippen MR) is 61.7 cm³/mol. The highest BCUT2D eigenvalue weighted by atomic mass is 15.1. The normalized spacial score (nSPS) is 20.1. The summed E-state index contributed by atoms with van der Waals surface area (Å²) in [4.78, 5) is 2.60. The van der Waals surface area contributed by atoms with E-state index in [9.17, 15) is 0 Å². The Kier molecular flexibility index (Phi) is 6.15. The van der Waals surface area contributed by atoms with Gasteiger partial charge in [0.15, 0.2) is 0 Å². The molecule has 14 heavy (non-hydrogen) atoms. The summed E-state index contributed by atoms with van der Waals surface area (Å²) in [6.07, 6.45) is 5.29. The van der Waals surface area contributed by atoms with E-state index in [4.69, 9.17) is 0 Å². The lowest BCUT2D eigenvalue weighted by molar-refractivity contribution is 0.198. The maximum atomic E-state index is 3.36. The van der Waals surface area contributed by atoms with E-state index < -0.39 is 0 Å². The van der Waals surface area contributed by atoms with Crippen LogP contribution in [0.3, 0.4) is 0 Å². The van der Waals surface area contributed by atoms with E-state index in [0.29, 0.717) is 0 Å². The number of unbranched alkanes of at least 4 members (excludes halogenated alkanes) is 1. The van der Waals surface area contributed by atoms with E-state index in [0.717, 1.165) is 12.6 Å². The Labute approximate surface area is 88.2 Å². The summed E-state index contributed by atoms with van der Waals surface area (Å²) < 4.78 is 0. The second kappa shape index (κ2) is 7.21. The van der Waals surface area contributed by atoms with Crippen LogP contribution in [0.2, 0.25) is 0 Å². The molecule has 1 heterocycles. The fourth-order valence-electron chi connectivity index (χ4n) is 2.08. The number of nitrogens with one attached hydrogen (secondary N) is 2. The molecule has 0 bridgehead atoms. The summed E-state index contributed by atoms with van der Waals surface area (Å²) in [5.41, 5.74) is 0. The number of hydrogen-bond donors (Lipinski definition) is 2. The van der Waals surface area contributed by atoms with Crippen LogP contribution in [0.25, 0.3) is 0 Å². The maximum Gasteiger partial charge on any atom is 0.00884 e. The summed E-state index contributed by atoms with van der Waals surface area (Å²) in [6, 6.07) is 0.767. The molecule has 1 fully saturated rings. The van der Waals surface area contributed by atoms with Gasteiger partial charge in [0.25, 0.3) is 0 Å². The summed E-state index contributed by atoms with van der Waals surface area (Å²) in [5.74, 6) is 0. The van der Waals surface area contributed by atoms with Gasteiger partial charge in [0.2, 0.25) is 0 Å². The molecule has 0 unspecified atom stereocenters. The van der Waals surface area contributed by atoms with Crippen LogP contribution in [0.1, 0.15) is 25.7 Å². The lowest BCUT2D eigenvalue weighted by Gasteiger charge is -2.31. The van der Waals surface area contributed by atoms with Crippen molar-refractivity contribution in [2.45, 2.75) is 31.7 Å². The summed E-state index contributed by atoms with van der Waals surface area (Å²) >= 11 is 0. The number of rotatable bonds is 6. The zero-order chi connectivity index (χ0) is 10.2. The molecule has 1 saturated heterocycles. The van der Waals surface area contributed by atoms with Crippen molar-refractivity contribution >= 4 is 0 Å². The Bertz CT molecular complexity index is 130. The van der Waals surface area contributed by atoms with Gasteiger partial charge in [0.05, 0.1) is 0 Å². The van der Waals surface area contributed by atoms with E-state index in [1.54, 1.807) is 0 Å². The third kappa shape index (κ3) is 4.40. The van der Waals surface area contributed by atoms with E-state index in [2.05, 4.69) is 22.6 Å². The van der Waals surface area contributed by atoms with Crippen LogP contribution in [0.5, 0.6) is 0 Å². The van der Waals surface area contributed by atoms with Gasteiger partial charge in [-0.05, 0) is 66.0 Å². The molecule has 0 aromatic carbocycles. The monoisotopic (exact) mass is 199 g/mol. The molecule has 2 N–H and O–H groups in total. The van der Waals surface area contributed by atoms with E-state index in [1.165, 1.54) is 45.3 Å². The molecule has 1 aliphatic rings. The molecule has 0 aliphatic carbocycles. The van der Waals surface area contributed by atoms with Crippen LogP contribution in [0.15, 0.2) is 0 Å². The number of piperidine rings is 1. The highest BCUT2D eigenvalue weighted by Gasteiger charge is 2.16. The molecule has 1 rings (SSSR count). The van der Waals surface area contributed by atoms with Gasteiger partial charge in [0, 0.05) is 6.04 Å². The predicted octanol–water partition coefficient (Wildman–Crippen LogP) is 0.670. The van der Waals surface area contributed by atoms with Gasteiger partial charge in [-0.1, -0.05) is 0 Å². The first-order valence-corrected chi connectivity index (χ1v) is 5.91. The zero-order valence-corrected chi connectivity index (χ0v) is 9.68. The van der Waals surface area contributed by atoms with Crippen LogP contribution in [0.4, 0.5) is 0 Å². The van der Waals surface area contributed by atoms with Crippen molar-refractivity contribution in [3.63, 3.8) is 0 Å². The highest BCUT2D eigenvalue weighted by Crippen LogP contribution is 2.10. The van der Waals surface area contributed by atoms with Crippen LogP contribution >= 0.6 is 0 Å². The maximum absolute atomic E-state index is 3.36. The van der Waals surface area contributed by atoms with Crippen molar-refractivity contribution in [3.8, 4) is 0 Å². The summed E-state index contributed by atoms with van der Waals surface area (Å²) in [6.45, 7) is 5.02. The Balaban J connectivity index is 1.98. The average Bonchev–Trinajstić information content (AvgIpc) is 2.25. The molecular formula is C11H25N3. The SMILES string of the molecule is CNCCCCN1CCC(NC)CC1. The van der Waals surface area contributed by atoms with Gasteiger partial charge in [-0.2, -0.15) is 0 Å². The average molecular weight is 199 g/mol. The minimum Gasteiger partial charge on any atom is -0.320 e. The topological polar surface area (TPSA) is 27.3 Å². The van der Waals surface area contributed by atoms with Crippen molar-refractivity contribution in [2.75, 3.05) is 40.3 Å². The number of likely N-dealkylation sites (tertiary alicyclic amines) is 1. The molecule has 0 aromatic heterocycles. The van der Waals surface area contributed by atoms with Gasteiger partial charge < -0.3 is 15.5 Å². The molecule has 0 aromatic rings. The van der Waals surface area contributed by atoms with Crippen LogP contribution in [0, 0.1) is 0 Å². The van der Waals surface area contributed by atoms with Crippen LogP contribution in [-0.2, 0) is 0 Å². The van der Waals surface area contributed by atoms with Crippen molar-refractivity contribution in [3.05, 3.63) is 0 Å². The van der Waals surface area contributed by atoms with Gasteiger partial charge >= 0.3 is 0 Å². The largest absolute Gasteiger partial charge is 0.320 e. The smallest absolute Gasteiger partial charge is 0.00884 e. The van der Waals surface area contributed by atoms with Crippen LogP contribution in [-0.4, -0.2) is 51.2 Å². The van der Waals surface area contributed by atoms with Crippen molar-refractivity contribution in [1.29, 1.82) is 0 Å². The molecule has 0 radical (unpaired) electrons. The first kappa shape index (κ1) is 12.0. The van der Waals surface area contributed by atoms with Gasteiger partial charge in [-0.25, -0.2) is 0 Å². The second-order valence-electron chi connectivity index (χ2n) is 4.22. The molecule has 3 heteroatoms.